The number of methoxy groups -OCH3 is 2. The Kier molecular flexibility index (Phi) is 5.07. The number of aryl methyl sites for hydroxylation is 1. The molecule has 0 bridgehead atoms. The summed E-state index contributed by atoms with van der Waals surface area (Å²) < 4.78 is 10.5. The molecule has 1 unspecified atom stereocenters. The summed E-state index contributed by atoms with van der Waals surface area (Å²) in [5.41, 5.74) is 5.90. The van der Waals surface area contributed by atoms with E-state index >= 15 is 0 Å². The first-order chi connectivity index (χ1) is 10.1. The van der Waals surface area contributed by atoms with Crippen LogP contribution in [0.4, 0.5) is 0 Å². The van der Waals surface area contributed by atoms with Gasteiger partial charge in [-0.2, -0.15) is 0 Å². The Morgan fingerprint density at radius 2 is 1.62 bits per heavy atom. The van der Waals surface area contributed by atoms with E-state index in [0.717, 1.165) is 22.4 Å². The number of rotatable bonds is 5. The summed E-state index contributed by atoms with van der Waals surface area (Å²) in [7, 11) is 3.25. The van der Waals surface area contributed by atoms with E-state index in [-0.39, 0.29) is 6.04 Å². The molecule has 1 atom stereocenters. The highest BCUT2D eigenvalue weighted by atomic mass is 35.5. The maximum absolute atomic E-state index is 6.06. The highest BCUT2D eigenvalue weighted by Gasteiger charge is 2.15. The number of ether oxygens (including phenoxy) is 2. The highest BCUT2D eigenvalue weighted by Crippen LogP contribution is 2.31. The van der Waals surface area contributed by atoms with Crippen molar-refractivity contribution in [3.05, 3.63) is 58.1 Å². The Hall–Kier alpha value is -1.75. The van der Waals surface area contributed by atoms with Crippen LogP contribution in [0.5, 0.6) is 11.5 Å². The van der Waals surface area contributed by atoms with E-state index < -0.39 is 0 Å². The van der Waals surface area contributed by atoms with E-state index in [1.54, 1.807) is 20.3 Å². The van der Waals surface area contributed by atoms with Crippen LogP contribution in [0.2, 0.25) is 5.02 Å². The number of hydrogen-bond donors (Lipinski definition) is 2. The molecule has 0 spiro atoms. The second-order valence-electron chi connectivity index (χ2n) is 4.72. The van der Waals surface area contributed by atoms with E-state index in [9.17, 15) is 0 Å². The molecule has 2 aromatic rings. The third-order valence-corrected chi connectivity index (χ3v) is 3.74. The van der Waals surface area contributed by atoms with Gasteiger partial charge in [0.2, 0.25) is 0 Å². The molecule has 4 nitrogen and oxygen atoms in total. The maximum atomic E-state index is 6.06. The van der Waals surface area contributed by atoms with Crippen LogP contribution in [0.3, 0.4) is 0 Å². The first-order valence-electron chi connectivity index (χ1n) is 6.54. The molecule has 5 heteroatoms. The van der Waals surface area contributed by atoms with Crippen molar-refractivity contribution in [3.63, 3.8) is 0 Å². The maximum Gasteiger partial charge on any atom is 0.137 e. The van der Waals surface area contributed by atoms with Gasteiger partial charge in [0.25, 0.3) is 0 Å². The number of benzene rings is 2. The Morgan fingerprint density at radius 1 is 1.00 bits per heavy atom. The molecule has 0 saturated heterocycles. The molecule has 21 heavy (non-hydrogen) atoms. The highest BCUT2D eigenvalue weighted by molar-refractivity contribution is 6.32. The van der Waals surface area contributed by atoms with Crippen LogP contribution in [-0.2, 0) is 0 Å². The first-order valence-corrected chi connectivity index (χ1v) is 6.92. The van der Waals surface area contributed by atoms with Gasteiger partial charge in [0.1, 0.15) is 11.5 Å². The van der Waals surface area contributed by atoms with Crippen LogP contribution in [0, 0.1) is 6.92 Å². The van der Waals surface area contributed by atoms with E-state index in [2.05, 4.69) is 5.43 Å². The summed E-state index contributed by atoms with van der Waals surface area (Å²) in [6.45, 7) is 2.00. The molecule has 0 heterocycles. The lowest BCUT2D eigenvalue weighted by molar-refractivity contribution is 0.411. The van der Waals surface area contributed by atoms with Gasteiger partial charge < -0.3 is 9.47 Å². The van der Waals surface area contributed by atoms with Crippen molar-refractivity contribution in [2.24, 2.45) is 5.84 Å². The molecule has 2 aromatic carbocycles. The summed E-state index contributed by atoms with van der Waals surface area (Å²) in [4.78, 5) is 0. The van der Waals surface area contributed by atoms with Crippen molar-refractivity contribution in [1.29, 1.82) is 0 Å². The van der Waals surface area contributed by atoms with Gasteiger partial charge in [0.05, 0.1) is 25.3 Å². The Bertz CT molecular complexity index is 632. The SMILES string of the molecule is COc1ccc(C(NN)c2ccc(Cl)c(OC)c2)cc1C. The third-order valence-electron chi connectivity index (χ3n) is 3.43. The van der Waals surface area contributed by atoms with E-state index in [0.29, 0.717) is 10.8 Å². The Labute approximate surface area is 129 Å². The molecule has 0 aliphatic heterocycles. The minimum Gasteiger partial charge on any atom is -0.496 e. The smallest absolute Gasteiger partial charge is 0.137 e. The topological polar surface area (TPSA) is 56.5 Å². The first kappa shape index (κ1) is 15.6. The molecule has 0 aliphatic carbocycles. The van der Waals surface area contributed by atoms with Gasteiger partial charge in [-0.3, -0.25) is 5.84 Å². The van der Waals surface area contributed by atoms with E-state index in [4.69, 9.17) is 26.9 Å². The zero-order valence-corrected chi connectivity index (χ0v) is 13.1. The molecule has 0 amide bonds. The fraction of sp³-hybridized carbons (Fsp3) is 0.250. The summed E-state index contributed by atoms with van der Waals surface area (Å²) in [5, 5.41) is 0.572. The number of hydrazine groups is 1. The van der Waals surface area contributed by atoms with Crippen molar-refractivity contribution in [1.82, 2.24) is 5.43 Å². The standard InChI is InChI=1S/C16H19ClN2O2/c1-10-8-11(5-7-14(10)20-2)16(19-18)12-4-6-13(17)15(9-12)21-3/h4-9,16,19H,18H2,1-3H3. The number of hydrogen-bond acceptors (Lipinski definition) is 4. The van der Waals surface area contributed by atoms with Gasteiger partial charge in [0.15, 0.2) is 0 Å². The lowest BCUT2D eigenvalue weighted by atomic mass is 9.97. The summed E-state index contributed by atoms with van der Waals surface area (Å²) in [5.74, 6) is 7.21. The summed E-state index contributed by atoms with van der Waals surface area (Å²) in [6, 6.07) is 11.4. The van der Waals surface area contributed by atoms with Crippen molar-refractivity contribution >= 4 is 11.6 Å². The van der Waals surface area contributed by atoms with Crippen LogP contribution < -0.4 is 20.7 Å². The fourth-order valence-electron chi connectivity index (χ4n) is 2.32. The quantitative estimate of drug-likeness (QED) is 0.658. The van der Waals surface area contributed by atoms with Crippen LogP contribution >= 0.6 is 11.6 Å². The van der Waals surface area contributed by atoms with Crippen LogP contribution in [-0.4, -0.2) is 14.2 Å². The summed E-state index contributed by atoms with van der Waals surface area (Å²) in [6.07, 6.45) is 0. The van der Waals surface area contributed by atoms with Gasteiger partial charge in [-0.15, -0.1) is 0 Å². The lowest BCUT2D eigenvalue weighted by Crippen LogP contribution is -2.28. The monoisotopic (exact) mass is 306 g/mol. The molecule has 0 aliphatic rings. The molecule has 2 rings (SSSR count). The molecule has 0 fully saturated rings. The fourth-order valence-corrected chi connectivity index (χ4v) is 2.52. The predicted molar refractivity (Wildman–Crippen MR) is 84.9 cm³/mol. The lowest BCUT2D eigenvalue weighted by Gasteiger charge is -2.19. The molecule has 3 N–H and O–H groups in total. The zero-order valence-electron chi connectivity index (χ0n) is 12.3. The average Bonchev–Trinajstić information content (AvgIpc) is 2.49. The Morgan fingerprint density at radius 3 is 2.19 bits per heavy atom. The number of nitrogens with one attached hydrogen (secondary N) is 1. The largest absolute Gasteiger partial charge is 0.496 e. The predicted octanol–water partition coefficient (Wildman–Crippen LogP) is 3.22. The van der Waals surface area contributed by atoms with Crippen molar-refractivity contribution in [2.75, 3.05) is 14.2 Å². The van der Waals surface area contributed by atoms with Gasteiger partial charge in [-0.1, -0.05) is 29.8 Å². The van der Waals surface area contributed by atoms with Gasteiger partial charge >= 0.3 is 0 Å². The molecule has 0 radical (unpaired) electrons. The molecular formula is C16H19ClN2O2. The minimum atomic E-state index is -0.152. The summed E-state index contributed by atoms with van der Waals surface area (Å²) >= 11 is 6.06. The van der Waals surface area contributed by atoms with Gasteiger partial charge in [-0.05, 0) is 41.8 Å². The van der Waals surface area contributed by atoms with E-state index in [1.807, 2.05) is 37.3 Å². The van der Waals surface area contributed by atoms with Crippen molar-refractivity contribution < 1.29 is 9.47 Å². The minimum absolute atomic E-state index is 0.152. The van der Waals surface area contributed by atoms with Crippen LogP contribution in [0.25, 0.3) is 0 Å². The third kappa shape index (κ3) is 3.29. The molecule has 0 aromatic heterocycles. The molecule has 0 saturated carbocycles. The normalized spacial score (nSPS) is 12.0. The van der Waals surface area contributed by atoms with Crippen LogP contribution in [0.1, 0.15) is 22.7 Å². The second-order valence-corrected chi connectivity index (χ2v) is 5.13. The van der Waals surface area contributed by atoms with Crippen molar-refractivity contribution in [2.45, 2.75) is 13.0 Å². The number of nitrogens with two attached hydrogens (primary N) is 1. The van der Waals surface area contributed by atoms with Crippen molar-refractivity contribution in [3.8, 4) is 11.5 Å². The van der Waals surface area contributed by atoms with E-state index in [1.165, 1.54) is 0 Å². The second kappa shape index (κ2) is 6.80. The molecular weight excluding hydrogens is 288 g/mol. The van der Waals surface area contributed by atoms with Gasteiger partial charge in [0, 0.05) is 0 Å². The number of halogens is 1. The van der Waals surface area contributed by atoms with Crippen LogP contribution in [0.15, 0.2) is 36.4 Å². The van der Waals surface area contributed by atoms with Gasteiger partial charge in [-0.25, -0.2) is 5.43 Å². The average molecular weight is 307 g/mol. The Balaban J connectivity index is 2.41. The zero-order chi connectivity index (χ0) is 15.4. The molecule has 112 valence electrons.